The standard InChI is InChI=1S/C75H120O6/c1-4-7-10-13-16-19-22-25-28-29-30-31-32-33-34-35-36-37-38-39-40-41-42-43-44-45-48-50-53-56-59-62-65-68-74(77)80-71-72(81-75(78)69-66-63-60-57-54-51-47-27-24-21-18-15-12-9-6-3)70-79-73(76)67-64-61-58-55-52-49-46-26-23-20-17-14-11-8-5-2/h7-12,16-21,25-28,30-31,33-34,36-37,39-40,46-47,72H,4-6,13-15,22-24,29,32,35,38,41-45,48-71H2,1-3H3/b10-7-,11-8-,12-9-,19-16-,20-17-,21-18-,28-25-,31-30-,34-33-,37-36-,40-39-,46-26-,47-27-. The molecule has 0 bridgehead atoms. The van der Waals surface area contributed by atoms with Gasteiger partial charge in [0.05, 0.1) is 0 Å². The van der Waals surface area contributed by atoms with E-state index in [0.29, 0.717) is 19.3 Å². The highest BCUT2D eigenvalue weighted by Crippen LogP contribution is 2.15. The summed E-state index contributed by atoms with van der Waals surface area (Å²) in [5.41, 5.74) is 0. The highest BCUT2D eigenvalue weighted by atomic mass is 16.6. The lowest BCUT2D eigenvalue weighted by molar-refractivity contribution is -0.167. The molecule has 456 valence electrons. The fraction of sp³-hybridized carbons (Fsp3) is 0.613. The van der Waals surface area contributed by atoms with Crippen LogP contribution in [0.4, 0.5) is 0 Å². The van der Waals surface area contributed by atoms with Crippen LogP contribution in [0.15, 0.2) is 158 Å². The molecule has 0 aliphatic heterocycles. The molecule has 1 atom stereocenters. The van der Waals surface area contributed by atoms with Crippen LogP contribution in [0, 0.1) is 0 Å². The van der Waals surface area contributed by atoms with E-state index in [9.17, 15) is 14.4 Å². The monoisotopic (exact) mass is 1120 g/mol. The molecule has 6 heteroatoms. The van der Waals surface area contributed by atoms with Crippen molar-refractivity contribution in [3.05, 3.63) is 158 Å². The molecule has 0 aliphatic carbocycles. The molecule has 0 rings (SSSR count). The predicted molar refractivity (Wildman–Crippen MR) is 352 cm³/mol. The molecule has 0 aromatic heterocycles. The van der Waals surface area contributed by atoms with Crippen molar-refractivity contribution >= 4 is 17.9 Å². The Morgan fingerprint density at radius 2 is 0.444 bits per heavy atom. The largest absolute Gasteiger partial charge is 0.462 e. The van der Waals surface area contributed by atoms with E-state index in [1.54, 1.807) is 0 Å². The van der Waals surface area contributed by atoms with Gasteiger partial charge in [0.1, 0.15) is 13.2 Å². The molecule has 0 amide bonds. The normalized spacial score (nSPS) is 13.2. The van der Waals surface area contributed by atoms with Gasteiger partial charge in [0.25, 0.3) is 0 Å². The zero-order valence-corrected chi connectivity index (χ0v) is 52.2. The fourth-order valence-corrected chi connectivity index (χ4v) is 8.69. The molecular weight excluding hydrogens is 997 g/mol. The Kier molecular flexibility index (Phi) is 63.4. The van der Waals surface area contributed by atoms with E-state index in [4.69, 9.17) is 14.2 Å². The minimum atomic E-state index is -0.803. The van der Waals surface area contributed by atoms with Gasteiger partial charge in [0.15, 0.2) is 6.10 Å². The molecule has 0 N–H and O–H groups in total. The minimum Gasteiger partial charge on any atom is -0.462 e. The molecule has 0 saturated carbocycles. The molecular formula is C75H120O6. The molecule has 0 heterocycles. The Balaban J connectivity index is 4.29. The summed E-state index contributed by atoms with van der Waals surface area (Å²) < 4.78 is 16.9. The summed E-state index contributed by atoms with van der Waals surface area (Å²) in [4.78, 5) is 38.3. The smallest absolute Gasteiger partial charge is 0.306 e. The fourth-order valence-electron chi connectivity index (χ4n) is 8.69. The zero-order chi connectivity index (χ0) is 58.5. The molecule has 0 aliphatic rings. The number of rotatable bonds is 58. The third-order valence-corrected chi connectivity index (χ3v) is 13.5. The van der Waals surface area contributed by atoms with Crippen molar-refractivity contribution in [3.8, 4) is 0 Å². The first-order chi connectivity index (χ1) is 40.0. The van der Waals surface area contributed by atoms with Crippen LogP contribution in [0.25, 0.3) is 0 Å². The van der Waals surface area contributed by atoms with Crippen LogP contribution in [0.2, 0.25) is 0 Å². The molecule has 6 nitrogen and oxygen atoms in total. The molecule has 1 unspecified atom stereocenters. The summed E-state index contributed by atoms with van der Waals surface area (Å²) in [7, 11) is 0. The first kappa shape index (κ1) is 76.0. The van der Waals surface area contributed by atoms with Crippen LogP contribution in [-0.4, -0.2) is 37.2 Å². The second-order valence-electron chi connectivity index (χ2n) is 21.2. The second kappa shape index (κ2) is 67.5. The van der Waals surface area contributed by atoms with E-state index < -0.39 is 6.10 Å². The van der Waals surface area contributed by atoms with E-state index in [2.05, 4.69) is 179 Å². The van der Waals surface area contributed by atoms with Crippen LogP contribution in [-0.2, 0) is 28.6 Å². The van der Waals surface area contributed by atoms with Gasteiger partial charge in [-0.15, -0.1) is 0 Å². The summed E-state index contributed by atoms with van der Waals surface area (Å²) in [6, 6.07) is 0. The van der Waals surface area contributed by atoms with Crippen molar-refractivity contribution in [1.29, 1.82) is 0 Å². The Morgan fingerprint density at radius 3 is 0.691 bits per heavy atom. The maximum Gasteiger partial charge on any atom is 0.306 e. The summed E-state index contributed by atoms with van der Waals surface area (Å²) in [5, 5.41) is 0. The lowest BCUT2D eigenvalue weighted by Gasteiger charge is -2.18. The van der Waals surface area contributed by atoms with Gasteiger partial charge in [-0.2, -0.15) is 0 Å². The molecule has 0 spiro atoms. The van der Waals surface area contributed by atoms with E-state index in [1.807, 2.05) is 0 Å². The summed E-state index contributed by atoms with van der Waals surface area (Å²) in [6.45, 7) is 6.27. The highest BCUT2D eigenvalue weighted by molar-refractivity contribution is 5.71. The van der Waals surface area contributed by atoms with Crippen molar-refractivity contribution in [2.75, 3.05) is 13.2 Å². The average molecular weight is 1120 g/mol. The number of hydrogen-bond acceptors (Lipinski definition) is 6. The maximum absolute atomic E-state index is 12.9. The molecule has 0 fully saturated rings. The number of allylic oxidation sites excluding steroid dienone is 26. The SMILES string of the molecule is CC/C=C\C/C=C\C/C=C\C/C=C\C/C=C\C/C=C\C/C=C\CCCCCCCCCCCCCC(=O)OCC(COC(=O)CCCCCCC/C=C\C/C=C\C/C=C\CC)OC(=O)CCCCCCC/C=C\C/C=C\C/C=C\CC. The van der Waals surface area contributed by atoms with Gasteiger partial charge < -0.3 is 14.2 Å². The molecule has 0 aromatic carbocycles. The Hall–Kier alpha value is -4.97. The third kappa shape index (κ3) is 65.7. The lowest BCUT2D eigenvalue weighted by Crippen LogP contribution is -2.30. The number of unbranched alkanes of at least 4 members (excludes halogenated alkanes) is 21. The molecule has 81 heavy (non-hydrogen) atoms. The van der Waals surface area contributed by atoms with Gasteiger partial charge >= 0.3 is 17.9 Å². The first-order valence-corrected chi connectivity index (χ1v) is 33.0. The summed E-state index contributed by atoms with van der Waals surface area (Å²) in [5.74, 6) is -0.936. The summed E-state index contributed by atoms with van der Waals surface area (Å²) in [6.07, 6.45) is 98.3. The number of hydrogen-bond donors (Lipinski definition) is 0. The van der Waals surface area contributed by atoms with Crippen molar-refractivity contribution in [1.82, 2.24) is 0 Å². The van der Waals surface area contributed by atoms with E-state index in [-0.39, 0.29) is 31.1 Å². The maximum atomic E-state index is 12.9. The van der Waals surface area contributed by atoms with Gasteiger partial charge in [0, 0.05) is 19.3 Å². The van der Waals surface area contributed by atoms with E-state index >= 15 is 0 Å². The van der Waals surface area contributed by atoms with Crippen molar-refractivity contribution in [2.45, 2.75) is 284 Å². The summed E-state index contributed by atoms with van der Waals surface area (Å²) >= 11 is 0. The van der Waals surface area contributed by atoms with E-state index in [0.717, 1.165) is 180 Å². The zero-order valence-electron chi connectivity index (χ0n) is 52.2. The van der Waals surface area contributed by atoms with Crippen LogP contribution >= 0.6 is 0 Å². The third-order valence-electron chi connectivity index (χ3n) is 13.5. The Morgan fingerprint density at radius 1 is 0.247 bits per heavy atom. The lowest BCUT2D eigenvalue weighted by atomic mass is 10.0. The topological polar surface area (TPSA) is 78.9 Å². The van der Waals surface area contributed by atoms with Gasteiger partial charge in [-0.25, -0.2) is 0 Å². The van der Waals surface area contributed by atoms with Gasteiger partial charge in [-0.3, -0.25) is 14.4 Å². The van der Waals surface area contributed by atoms with Crippen LogP contribution < -0.4 is 0 Å². The van der Waals surface area contributed by atoms with Gasteiger partial charge in [0.2, 0.25) is 0 Å². The first-order valence-electron chi connectivity index (χ1n) is 33.0. The molecule has 0 saturated heterocycles. The van der Waals surface area contributed by atoms with Gasteiger partial charge in [-0.05, 0) is 141 Å². The van der Waals surface area contributed by atoms with Crippen molar-refractivity contribution in [2.24, 2.45) is 0 Å². The Bertz CT molecular complexity index is 1810. The van der Waals surface area contributed by atoms with Gasteiger partial charge in [-0.1, -0.05) is 275 Å². The number of carbonyl (C=O) groups is 3. The number of ether oxygens (including phenoxy) is 3. The predicted octanol–water partition coefficient (Wildman–Crippen LogP) is 22.9. The quantitative estimate of drug-likeness (QED) is 0.0261. The molecule has 0 aromatic rings. The number of esters is 3. The highest BCUT2D eigenvalue weighted by Gasteiger charge is 2.19. The van der Waals surface area contributed by atoms with Crippen molar-refractivity contribution in [3.63, 3.8) is 0 Å². The average Bonchev–Trinajstić information content (AvgIpc) is 3.47. The van der Waals surface area contributed by atoms with E-state index in [1.165, 1.54) is 57.8 Å². The van der Waals surface area contributed by atoms with Crippen LogP contribution in [0.1, 0.15) is 278 Å². The Labute approximate surface area is 499 Å². The number of carbonyl (C=O) groups excluding carboxylic acids is 3. The van der Waals surface area contributed by atoms with Crippen LogP contribution in [0.5, 0.6) is 0 Å². The van der Waals surface area contributed by atoms with Crippen LogP contribution in [0.3, 0.4) is 0 Å². The van der Waals surface area contributed by atoms with Crippen molar-refractivity contribution < 1.29 is 28.6 Å². The minimum absolute atomic E-state index is 0.0973. The molecule has 0 radical (unpaired) electrons. The second-order valence-corrected chi connectivity index (χ2v) is 21.2.